The lowest BCUT2D eigenvalue weighted by atomic mass is 10.4. The van der Waals surface area contributed by atoms with Gasteiger partial charge in [-0.3, -0.25) is 0 Å². The molecule has 0 aliphatic carbocycles. The van der Waals surface area contributed by atoms with Crippen LogP contribution in [0.4, 0.5) is 0 Å². The summed E-state index contributed by atoms with van der Waals surface area (Å²) in [7, 11) is 0. The van der Waals surface area contributed by atoms with Crippen molar-refractivity contribution in [3.63, 3.8) is 0 Å². The van der Waals surface area contributed by atoms with Gasteiger partial charge in [0.25, 0.3) is 0 Å². The normalized spacial score (nSPS) is 21.2. The van der Waals surface area contributed by atoms with Crippen molar-refractivity contribution in [1.82, 2.24) is 0 Å². The number of nitrogens with two attached hydrogens (primary N) is 1. The lowest BCUT2D eigenvalue weighted by molar-refractivity contribution is 0.363. The molecule has 0 atom stereocenters. The van der Waals surface area contributed by atoms with Crippen molar-refractivity contribution in [2.24, 2.45) is 5.73 Å². The second-order valence-corrected chi connectivity index (χ2v) is 1.37. The second kappa shape index (κ2) is 2.21. The van der Waals surface area contributed by atoms with Crippen molar-refractivity contribution in [2.45, 2.75) is 0 Å². The van der Waals surface area contributed by atoms with Crippen LogP contribution in [0.1, 0.15) is 0 Å². The van der Waals surface area contributed by atoms with Crippen LogP contribution in [0.25, 0.3) is 0 Å². The van der Waals surface area contributed by atoms with Crippen LogP contribution in [0.15, 0.2) is 36.4 Å². The maximum absolute atomic E-state index is 5.13. The fraction of sp³-hybridized carbons (Fsp3) is 0. The lowest BCUT2D eigenvalue weighted by Crippen LogP contribution is -1.89. The number of rotatable bonds is 0. The van der Waals surface area contributed by atoms with Crippen molar-refractivity contribution in [3.8, 4) is 0 Å². The highest BCUT2D eigenvalue weighted by atomic mass is 16.5. The van der Waals surface area contributed by atoms with Gasteiger partial charge in [-0.05, 0) is 12.2 Å². The maximum atomic E-state index is 5.13. The van der Waals surface area contributed by atoms with Crippen LogP contribution in [0.3, 0.4) is 0 Å². The average molecular weight is 109 g/mol. The SMILES string of the molecule is NC=C1C=CC=CO1. The van der Waals surface area contributed by atoms with Crippen LogP contribution in [0.2, 0.25) is 0 Å². The summed E-state index contributed by atoms with van der Waals surface area (Å²) in [6, 6.07) is 0. The van der Waals surface area contributed by atoms with E-state index in [1.165, 1.54) is 6.20 Å². The molecular formula is C6H7NO. The first-order valence-corrected chi connectivity index (χ1v) is 2.35. The predicted octanol–water partition coefficient (Wildman–Crippen LogP) is 0.887. The first kappa shape index (κ1) is 4.97. The van der Waals surface area contributed by atoms with E-state index in [9.17, 15) is 0 Å². The summed E-state index contributed by atoms with van der Waals surface area (Å²) in [5.41, 5.74) is 5.13. The van der Waals surface area contributed by atoms with Gasteiger partial charge in [0.1, 0.15) is 5.76 Å². The Kier molecular flexibility index (Phi) is 1.37. The fourth-order valence-corrected chi connectivity index (χ4v) is 0.448. The number of hydrogen-bond donors (Lipinski definition) is 1. The molecule has 0 radical (unpaired) electrons. The summed E-state index contributed by atoms with van der Waals surface area (Å²) < 4.78 is 4.90. The van der Waals surface area contributed by atoms with Gasteiger partial charge in [0.2, 0.25) is 0 Å². The second-order valence-electron chi connectivity index (χ2n) is 1.37. The maximum Gasteiger partial charge on any atom is 0.141 e. The molecule has 1 aliphatic rings. The molecule has 0 unspecified atom stereocenters. The van der Waals surface area contributed by atoms with Gasteiger partial charge in [-0.2, -0.15) is 0 Å². The summed E-state index contributed by atoms with van der Waals surface area (Å²) >= 11 is 0. The van der Waals surface area contributed by atoms with Crippen molar-refractivity contribution in [3.05, 3.63) is 36.4 Å². The van der Waals surface area contributed by atoms with Crippen LogP contribution >= 0.6 is 0 Å². The van der Waals surface area contributed by atoms with E-state index >= 15 is 0 Å². The third-order valence-corrected chi connectivity index (χ3v) is 0.819. The molecule has 2 nitrogen and oxygen atoms in total. The molecule has 1 heterocycles. The van der Waals surface area contributed by atoms with Gasteiger partial charge in [0.15, 0.2) is 0 Å². The highest BCUT2D eigenvalue weighted by molar-refractivity contribution is 5.20. The minimum Gasteiger partial charge on any atom is -0.463 e. The zero-order valence-corrected chi connectivity index (χ0v) is 4.37. The standard InChI is InChI=1S/C6H7NO/c7-5-6-3-1-2-4-8-6/h1-5H,7H2. The summed E-state index contributed by atoms with van der Waals surface area (Å²) in [6.07, 6.45) is 8.45. The molecule has 0 spiro atoms. The Bertz CT molecular complexity index is 156. The van der Waals surface area contributed by atoms with E-state index in [0.717, 1.165) is 0 Å². The van der Waals surface area contributed by atoms with E-state index in [4.69, 9.17) is 10.5 Å². The summed E-state index contributed by atoms with van der Waals surface area (Å²) in [5, 5.41) is 0. The number of allylic oxidation sites excluding steroid dienone is 3. The van der Waals surface area contributed by atoms with Crippen LogP contribution < -0.4 is 5.73 Å². The minimum absolute atomic E-state index is 0.688. The molecule has 0 aromatic rings. The molecule has 2 N–H and O–H groups in total. The van der Waals surface area contributed by atoms with E-state index < -0.39 is 0 Å². The molecule has 0 bridgehead atoms. The molecule has 0 aromatic heterocycles. The Hall–Kier alpha value is -1.18. The van der Waals surface area contributed by atoms with Crippen LogP contribution in [-0.4, -0.2) is 0 Å². The van der Waals surface area contributed by atoms with Crippen LogP contribution in [0, 0.1) is 0 Å². The summed E-state index contributed by atoms with van der Waals surface area (Å²) in [4.78, 5) is 0. The zero-order valence-electron chi connectivity index (χ0n) is 4.37. The zero-order chi connectivity index (χ0) is 5.82. The van der Waals surface area contributed by atoms with Gasteiger partial charge >= 0.3 is 0 Å². The predicted molar refractivity (Wildman–Crippen MR) is 31.6 cm³/mol. The van der Waals surface area contributed by atoms with E-state index in [2.05, 4.69) is 0 Å². The Morgan fingerprint density at radius 1 is 1.50 bits per heavy atom. The van der Waals surface area contributed by atoms with Gasteiger partial charge in [-0.1, -0.05) is 6.08 Å². The smallest absolute Gasteiger partial charge is 0.141 e. The average Bonchev–Trinajstić information content (AvgIpc) is 1.90. The van der Waals surface area contributed by atoms with Crippen LogP contribution in [-0.2, 0) is 4.74 Å². The third-order valence-electron chi connectivity index (χ3n) is 0.819. The summed E-state index contributed by atoms with van der Waals surface area (Å²) in [6.45, 7) is 0. The molecule has 8 heavy (non-hydrogen) atoms. The molecular weight excluding hydrogens is 102 g/mol. The largest absolute Gasteiger partial charge is 0.463 e. The van der Waals surface area contributed by atoms with Gasteiger partial charge < -0.3 is 10.5 Å². The van der Waals surface area contributed by atoms with Crippen molar-refractivity contribution >= 4 is 0 Å². The van der Waals surface area contributed by atoms with Gasteiger partial charge in [-0.25, -0.2) is 0 Å². The van der Waals surface area contributed by atoms with Gasteiger partial charge in [0, 0.05) is 6.20 Å². The molecule has 0 amide bonds. The quantitative estimate of drug-likeness (QED) is 0.501. The van der Waals surface area contributed by atoms with Crippen LogP contribution in [0.5, 0.6) is 0 Å². The topological polar surface area (TPSA) is 35.2 Å². The Morgan fingerprint density at radius 3 is 2.75 bits per heavy atom. The molecule has 1 aliphatic heterocycles. The number of ether oxygens (including phenoxy) is 1. The van der Waals surface area contributed by atoms with Crippen molar-refractivity contribution in [1.29, 1.82) is 0 Å². The third kappa shape index (κ3) is 0.904. The van der Waals surface area contributed by atoms with Crippen molar-refractivity contribution in [2.75, 3.05) is 0 Å². The molecule has 42 valence electrons. The Morgan fingerprint density at radius 2 is 2.38 bits per heavy atom. The minimum atomic E-state index is 0.688. The van der Waals surface area contributed by atoms with E-state index in [1.807, 2.05) is 6.08 Å². The number of hydrogen-bond acceptors (Lipinski definition) is 2. The monoisotopic (exact) mass is 109 g/mol. The highest BCUT2D eigenvalue weighted by Crippen LogP contribution is 2.02. The molecule has 0 aromatic carbocycles. The van der Waals surface area contributed by atoms with E-state index in [0.29, 0.717) is 5.76 Å². The first-order chi connectivity index (χ1) is 3.93. The highest BCUT2D eigenvalue weighted by Gasteiger charge is 1.88. The van der Waals surface area contributed by atoms with Gasteiger partial charge in [-0.15, -0.1) is 0 Å². The molecule has 1 rings (SSSR count). The first-order valence-electron chi connectivity index (χ1n) is 2.35. The fourth-order valence-electron chi connectivity index (χ4n) is 0.448. The molecule has 0 saturated heterocycles. The van der Waals surface area contributed by atoms with E-state index in [-0.39, 0.29) is 0 Å². The molecule has 0 fully saturated rings. The van der Waals surface area contributed by atoms with E-state index in [1.54, 1.807) is 18.4 Å². The summed E-state index contributed by atoms with van der Waals surface area (Å²) in [5.74, 6) is 0.688. The van der Waals surface area contributed by atoms with Crippen molar-refractivity contribution < 1.29 is 4.74 Å². The molecule has 2 heteroatoms. The lowest BCUT2D eigenvalue weighted by Gasteiger charge is -2.00. The Balaban J connectivity index is 2.66. The Labute approximate surface area is 47.9 Å². The molecule has 0 saturated carbocycles. The van der Waals surface area contributed by atoms with Gasteiger partial charge in [0.05, 0.1) is 6.26 Å².